The molecule has 1 aromatic heterocycles. The summed E-state index contributed by atoms with van der Waals surface area (Å²) in [5, 5.41) is 8.51. The van der Waals surface area contributed by atoms with Gasteiger partial charge in [0, 0.05) is 32.2 Å². The molecule has 0 spiro atoms. The average molecular weight is 337 g/mol. The van der Waals surface area contributed by atoms with Crippen molar-refractivity contribution < 1.29 is 14.3 Å². The number of hydrogen-bond acceptors (Lipinski definition) is 6. The number of aromatic nitrogens is 3. The Bertz CT molecular complexity index is 595. The van der Waals surface area contributed by atoms with E-state index in [0.717, 1.165) is 37.8 Å². The molecule has 0 aromatic carbocycles. The summed E-state index contributed by atoms with van der Waals surface area (Å²) in [5.41, 5.74) is -0.462. The lowest BCUT2D eigenvalue weighted by Gasteiger charge is -2.40. The lowest BCUT2D eigenvalue weighted by Crippen LogP contribution is -2.54. The highest BCUT2D eigenvalue weighted by atomic mass is 16.6. The van der Waals surface area contributed by atoms with Crippen LogP contribution < -0.4 is 0 Å². The van der Waals surface area contributed by atoms with E-state index in [1.165, 1.54) is 0 Å². The zero-order valence-electron chi connectivity index (χ0n) is 15.0. The van der Waals surface area contributed by atoms with E-state index in [0.29, 0.717) is 19.8 Å². The van der Waals surface area contributed by atoms with Crippen LogP contribution in [0.3, 0.4) is 0 Å². The highest BCUT2D eigenvalue weighted by Gasteiger charge is 2.31. The molecule has 2 aliphatic rings. The van der Waals surface area contributed by atoms with Crippen molar-refractivity contribution in [2.45, 2.75) is 59.0 Å². The molecule has 8 heteroatoms. The molecule has 1 fully saturated rings. The van der Waals surface area contributed by atoms with Crippen molar-refractivity contribution in [1.29, 1.82) is 0 Å². The van der Waals surface area contributed by atoms with E-state index < -0.39 is 5.60 Å². The second-order valence-corrected chi connectivity index (χ2v) is 7.49. The standard InChI is InChI=1S/C16H27N5O3/c1-12-9-19(5-6-20(12)15(22)24-16(2,3)4)10-13-17-18-14-11-23-8-7-21(13)14/h12H,5-11H2,1-4H3/t12-/m0/s1. The van der Waals surface area contributed by atoms with Crippen LogP contribution in [0.5, 0.6) is 0 Å². The molecule has 0 unspecified atom stereocenters. The molecule has 1 amide bonds. The SMILES string of the molecule is C[C@H]1CN(Cc2nnc3n2CCOC3)CCN1C(=O)OC(C)(C)C. The van der Waals surface area contributed by atoms with Gasteiger partial charge in [0.2, 0.25) is 0 Å². The van der Waals surface area contributed by atoms with E-state index in [1.54, 1.807) is 0 Å². The highest BCUT2D eigenvalue weighted by molar-refractivity contribution is 5.68. The van der Waals surface area contributed by atoms with Gasteiger partial charge >= 0.3 is 6.09 Å². The van der Waals surface area contributed by atoms with Crippen LogP contribution in [0.1, 0.15) is 39.3 Å². The van der Waals surface area contributed by atoms with E-state index in [2.05, 4.69) is 26.6 Å². The Morgan fingerprint density at radius 3 is 2.79 bits per heavy atom. The van der Waals surface area contributed by atoms with E-state index >= 15 is 0 Å². The number of carbonyl (C=O) groups is 1. The van der Waals surface area contributed by atoms with Gasteiger partial charge in [0.1, 0.15) is 18.0 Å². The third kappa shape index (κ3) is 3.87. The number of ether oxygens (including phenoxy) is 2. The van der Waals surface area contributed by atoms with Gasteiger partial charge in [0.05, 0.1) is 13.2 Å². The van der Waals surface area contributed by atoms with Gasteiger partial charge in [-0.3, -0.25) is 4.90 Å². The number of fused-ring (bicyclic) bond motifs is 1. The molecule has 3 rings (SSSR count). The molecule has 134 valence electrons. The average Bonchev–Trinajstić information content (AvgIpc) is 2.89. The zero-order valence-corrected chi connectivity index (χ0v) is 15.0. The van der Waals surface area contributed by atoms with Gasteiger partial charge in [-0.2, -0.15) is 0 Å². The minimum Gasteiger partial charge on any atom is -0.444 e. The second kappa shape index (κ2) is 6.68. The van der Waals surface area contributed by atoms with Crippen LogP contribution in [-0.4, -0.2) is 68.5 Å². The highest BCUT2D eigenvalue weighted by Crippen LogP contribution is 2.18. The smallest absolute Gasteiger partial charge is 0.410 e. The predicted octanol–water partition coefficient (Wildman–Crippen LogP) is 1.25. The lowest BCUT2D eigenvalue weighted by molar-refractivity contribution is -0.0000166. The normalized spacial score (nSPS) is 22.3. The molecule has 1 saturated heterocycles. The molecule has 0 radical (unpaired) electrons. The van der Waals surface area contributed by atoms with E-state index in [1.807, 2.05) is 25.7 Å². The predicted molar refractivity (Wildman–Crippen MR) is 87.4 cm³/mol. The number of hydrogen-bond donors (Lipinski definition) is 0. The topological polar surface area (TPSA) is 72.7 Å². The second-order valence-electron chi connectivity index (χ2n) is 7.49. The number of carbonyl (C=O) groups excluding carboxylic acids is 1. The summed E-state index contributed by atoms with van der Waals surface area (Å²) in [6, 6.07) is 0.112. The first-order valence-electron chi connectivity index (χ1n) is 8.54. The van der Waals surface area contributed by atoms with Gasteiger partial charge in [-0.25, -0.2) is 4.79 Å². The van der Waals surface area contributed by atoms with Crippen LogP contribution in [0.25, 0.3) is 0 Å². The maximum Gasteiger partial charge on any atom is 0.410 e. The molecule has 8 nitrogen and oxygen atoms in total. The Hall–Kier alpha value is -1.67. The third-order valence-electron chi connectivity index (χ3n) is 4.30. The van der Waals surface area contributed by atoms with Crippen LogP contribution >= 0.6 is 0 Å². The van der Waals surface area contributed by atoms with E-state index in [9.17, 15) is 4.79 Å². The monoisotopic (exact) mass is 337 g/mol. The van der Waals surface area contributed by atoms with Crippen molar-refractivity contribution in [3.8, 4) is 0 Å². The van der Waals surface area contributed by atoms with Gasteiger partial charge in [-0.15, -0.1) is 10.2 Å². The Morgan fingerprint density at radius 1 is 1.29 bits per heavy atom. The Morgan fingerprint density at radius 2 is 2.08 bits per heavy atom. The molecule has 2 aliphatic heterocycles. The minimum absolute atomic E-state index is 0.112. The Kier molecular flexibility index (Phi) is 4.78. The summed E-state index contributed by atoms with van der Waals surface area (Å²) >= 11 is 0. The maximum atomic E-state index is 12.3. The third-order valence-corrected chi connectivity index (χ3v) is 4.30. The first-order valence-corrected chi connectivity index (χ1v) is 8.54. The van der Waals surface area contributed by atoms with Crippen LogP contribution in [0.4, 0.5) is 4.79 Å². The quantitative estimate of drug-likeness (QED) is 0.809. The molecule has 1 aromatic rings. The fourth-order valence-corrected chi connectivity index (χ4v) is 3.14. The number of piperazine rings is 1. The largest absolute Gasteiger partial charge is 0.444 e. The minimum atomic E-state index is -0.462. The van der Waals surface area contributed by atoms with Crippen molar-refractivity contribution >= 4 is 6.09 Å². The van der Waals surface area contributed by atoms with Gasteiger partial charge in [-0.1, -0.05) is 0 Å². The molecular weight excluding hydrogens is 310 g/mol. The number of nitrogens with zero attached hydrogens (tertiary/aromatic N) is 5. The van der Waals surface area contributed by atoms with Crippen molar-refractivity contribution in [3.63, 3.8) is 0 Å². The van der Waals surface area contributed by atoms with Gasteiger partial charge in [-0.05, 0) is 27.7 Å². The van der Waals surface area contributed by atoms with Gasteiger partial charge in [0.25, 0.3) is 0 Å². The molecule has 3 heterocycles. The Labute approximate surface area is 142 Å². The number of amides is 1. The summed E-state index contributed by atoms with van der Waals surface area (Å²) in [5.74, 6) is 1.88. The van der Waals surface area contributed by atoms with Crippen LogP contribution in [0.15, 0.2) is 0 Å². The fraction of sp³-hybridized carbons (Fsp3) is 0.812. The molecule has 24 heavy (non-hydrogen) atoms. The molecular formula is C16H27N5O3. The summed E-state index contributed by atoms with van der Waals surface area (Å²) in [7, 11) is 0. The van der Waals surface area contributed by atoms with Crippen molar-refractivity contribution in [2.75, 3.05) is 26.2 Å². The molecule has 1 atom stereocenters. The molecule has 0 aliphatic carbocycles. The van der Waals surface area contributed by atoms with E-state index in [4.69, 9.17) is 9.47 Å². The van der Waals surface area contributed by atoms with Crippen LogP contribution in [-0.2, 0) is 29.2 Å². The Balaban J connectivity index is 1.58. The summed E-state index contributed by atoms with van der Waals surface area (Å²) in [6.45, 7) is 12.8. The maximum absolute atomic E-state index is 12.3. The van der Waals surface area contributed by atoms with Crippen LogP contribution in [0, 0.1) is 0 Å². The zero-order chi connectivity index (χ0) is 17.3. The summed E-state index contributed by atoms with van der Waals surface area (Å²) < 4.78 is 13.0. The molecule has 0 saturated carbocycles. The van der Waals surface area contributed by atoms with Crippen molar-refractivity contribution in [1.82, 2.24) is 24.6 Å². The molecule has 0 bridgehead atoms. The first kappa shape index (κ1) is 17.2. The van der Waals surface area contributed by atoms with Crippen molar-refractivity contribution in [2.24, 2.45) is 0 Å². The van der Waals surface area contributed by atoms with Gasteiger partial charge < -0.3 is 18.9 Å². The first-order chi connectivity index (χ1) is 11.3. The molecule has 0 N–H and O–H groups in total. The van der Waals surface area contributed by atoms with Gasteiger partial charge in [0.15, 0.2) is 5.82 Å². The number of rotatable bonds is 2. The van der Waals surface area contributed by atoms with E-state index in [-0.39, 0.29) is 12.1 Å². The van der Waals surface area contributed by atoms with Crippen molar-refractivity contribution in [3.05, 3.63) is 11.6 Å². The lowest BCUT2D eigenvalue weighted by atomic mass is 10.2. The fourth-order valence-electron chi connectivity index (χ4n) is 3.14. The van der Waals surface area contributed by atoms with Crippen LogP contribution in [0.2, 0.25) is 0 Å². The summed E-state index contributed by atoms with van der Waals surface area (Å²) in [4.78, 5) is 16.4. The summed E-state index contributed by atoms with van der Waals surface area (Å²) in [6.07, 6.45) is -0.230.